The highest BCUT2D eigenvalue weighted by atomic mass is 16.5. The van der Waals surface area contributed by atoms with Gasteiger partial charge in [0.2, 0.25) is 5.88 Å². The molecule has 4 aromatic rings. The number of fused-ring (bicyclic) bond motifs is 5. The van der Waals surface area contributed by atoms with Crippen molar-refractivity contribution in [2.75, 3.05) is 11.9 Å². The van der Waals surface area contributed by atoms with Gasteiger partial charge in [-0.05, 0) is 38.0 Å². The zero-order valence-corrected chi connectivity index (χ0v) is 17.8. The molecule has 0 radical (unpaired) electrons. The molecule has 0 aromatic carbocycles. The fourth-order valence-electron chi connectivity index (χ4n) is 3.71. The molecule has 5 heterocycles. The third-order valence-corrected chi connectivity index (χ3v) is 5.41. The van der Waals surface area contributed by atoms with Gasteiger partial charge >= 0.3 is 0 Å². The van der Waals surface area contributed by atoms with Crippen molar-refractivity contribution in [3.05, 3.63) is 54.7 Å². The van der Waals surface area contributed by atoms with Crippen LogP contribution in [0.3, 0.4) is 0 Å². The molecular weight excluding hydrogens is 408 g/mol. The summed E-state index contributed by atoms with van der Waals surface area (Å²) in [6, 6.07) is 7.34. The molecule has 5 rings (SSSR count). The fraction of sp³-hybridized carbons (Fsp3) is 0.273. The first kappa shape index (κ1) is 19.9. The van der Waals surface area contributed by atoms with E-state index in [1.54, 1.807) is 35.5 Å². The van der Waals surface area contributed by atoms with Gasteiger partial charge in [-0.1, -0.05) is 6.07 Å². The number of nitrogens with one attached hydrogen (secondary N) is 1. The van der Waals surface area contributed by atoms with Crippen molar-refractivity contribution in [3.63, 3.8) is 0 Å². The van der Waals surface area contributed by atoms with Gasteiger partial charge in [0.15, 0.2) is 5.82 Å². The maximum Gasteiger partial charge on any atom is 0.262 e. The van der Waals surface area contributed by atoms with E-state index in [-0.39, 0.29) is 11.9 Å². The predicted octanol–water partition coefficient (Wildman–Crippen LogP) is 3.12. The minimum Gasteiger partial charge on any atom is -0.477 e. The number of nitrogens with zero attached hydrogens (tertiary/aromatic N) is 7. The second-order valence-corrected chi connectivity index (χ2v) is 7.74. The van der Waals surface area contributed by atoms with Crippen LogP contribution in [0.25, 0.3) is 22.6 Å². The number of amides is 1. The van der Waals surface area contributed by atoms with E-state index in [9.17, 15) is 4.79 Å². The van der Waals surface area contributed by atoms with Crippen molar-refractivity contribution < 1.29 is 9.53 Å². The van der Waals surface area contributed by atoms with E-state index in [0.717, 1.165) is 24.0 Å². The third-order valence-electron chi connectivity index (χ3n) is 5.41. The summed E-state index contributed by atoms with van der Waals surface area (Å²) in [6.07, 6.45) is 8.62. The summed E-state index contributed by atoms with van der Waals surface area (Å²) in [5.74, 6) is 1.01. The Hall–Kier alpha value is -4.08. The van der Waals surface area contributed by atoms with Gasteiger partial charge in [-0.3, -0.25) is 9.48 Å². The van der Waals surface area contributed by atoms with Crippen LogP contribution in [0, 0.1) is 0 Å². The number of ether oxygens (including phenoxy) is 1. The second kappa shape index (κ2) is 8.22. The monoisotopic (exact) mass is 430 g/mol. The van der Waals surface area contributed by atoms with Gasteiger partial charge in [-0.2, -0.15) is 5.10 Å². The SMILES string of the molecule is C[C@H]1CCCOc2ncc(-c3cnn(C)c3)cc2C(=O)Nc2cccc(n2)-c2nncn21. The zero-order valence-electron chi connectivity index (χ0n) is 17.8. The Morgan fingerprint density at radius 1 is 1.22 bits per heavy atom. The molecule has 0 fully saturated rings. The van der Waals surface area contributed by atoms with Crippen LogP contribution in [0.4, 0.5) is 5.82 Å². The largest absolute Gasteiger partial charge is 0.477 e. The van der Waals surface area contributed by atoms with Gasteiger partial charge in [0, 0.05) is 36.6 Å². The Morgan fingerprint density at radius 2 is 2.12 bits per heavy atom. The highest BCUT2D eigenvalue weighted by molar-refractivity contribution is 6.06. The molecule has 162 valence electrons. The smallest absolute Gasteiger partial charge is 0.262 e. The summed E-state index contributed by atoms with van der Waals surface area (Å²) < 4.78 is 9.61. The number of anilines is 1. The van der Waals surface area contributed by atoms with Gasteiger partial charge in [-0.25, -0.2) is 9.97 Å². The molecule has 10 heteroatoms. The number of rotatable bonds is 1. The molecule has 32 heavy (non-hydrogen) atoms. The summed E-state index contributed by atoms with van der Waals surface area (Å²) in [6.45, 7) is 2.54. The lowest BCUT2D eigenvalue weighted by molar-refractivity contribution is 0.102. The summed E-state index contributed by atoms with van der Waals surface area (Å²) in [4.78, 5) is 22.2. The van der Waals surface area contributed by atoms with Gasteiger partial charge in [0.25, 0.3) is 5.91 Å². The molecule has 1 amide bonds. The second-order valence-electron chi connectivity index (χ2n) is 7.74. The van der Waals surface area contributed by atoms with E-state index in [1.165, 1.54) is 0 Å². The lowest BCUT2D eigenvalue weighted by Crippen LogP contribution is -2.17. The van der Waals surface area contributed by atoms with E-state index in [4.69, 9.17) is 4.74 Å². The first-order valence-electron chi connectivity index (χ1n) is 10.4. The molecule has 0 aliphatic carbocycles. The third kappa shape index (κ3) is 3.82. The van der Waals surface area contributed by atoms with Crippen LogP contribution in [0.5, 0.6) is 5.88 Å². The van der Waals surface area contributed by atoms with Crippen LogP contribution < -0.4 is 10.1 Å². The molecule has 0 unspecified atom stereocenters. The van der Waals surface area contributed by atoms with Gasteiger partial charge in [0.1, 0.15) is 23.4 Å². The maximum absolute atomic E-state index is 13.2. The van der Waals surface area contributed by atoms with E-state index < -0.39 is 0 Å². The van der Waals surface area contributed by atoms with Crippen molar-refractivity contribution in [2.45, 2.75) is 25.8 Å². The molecule has 0 saturated carbocycles. The van der Waals surface area contributed by atoms with Crippen LogP contribution in [-0.4, -0.2) is 47.0 Å². The minimum atomic E-state index is -0.352. The molecule has 1 aliphatic rings. The maximum atomic E-state index is 13.2. The number of aryl methyl sites for hydroxylation is 1. The van der Waals surface area contributed by atoms with Crippen molar-refractivity contribution in [1.82, 2.24) is 34.5 Å². The lowest BCUT2D eigenvalue weighted by atomic mass is 10.1. The number of aromatic nitrogens is 7. The van der Waals surface area contributed by atoms with Crippen LogP contribution in [0.1, 0.15) is 36.2 Å². The van der Waals surface area contributed by atoms with E-state index in [1.807, 2.05) is 29.9 Å². The summed E-state index contributed by atoms with van der Waals surface area (Å²) in [5, 5.41) is 15.4. The van der Waals surface area contributed by atoms with Crippen LogP contribution >= 0.6 is 0 Å². The van der Waals surface area contributed by atoms with Gasteiger partial charge < -0.3 is 14.6 Å². The molecule has 10 nitrogen and oxygen atoms in total. The number of carbonyl (C=O) groups excluding carboxylic acids is 1. The number of pyridine rings is 2. The summed E-state index contributed by atoms with van der Waals surface area (Å²) >= 11 is 0. The average molecular weight is 430 g/mol. The Kier molecular flexibility index (Phi) is 5.10. The van der Waals surface area contributed by atoms with E-state index >= 15 is 0 Å². The summed E-state index contributed by atoms with van der Waals surface area (Å²) in [5.41, 5.74) is 2.62. The van der Waals surface area contributed by atoms with Crippen LogP contribution in [-0.2, 0) is 7.05 Å². The van der Waals surface area contributed by atoms with Crippen LogP contribution in [0.2, 0.25) is 0 Å². The summed E-state index contributed by atoms with van der Waals surface area (Å²) in [7, 11) is 1.84. The van der Waals surface area contributed by atoms with Gasteiger partial charge in [-0.15, -0.1) is 10.2 Å². The predicted molar refractivity (Wildman–Crippen MR) is 117 cm³/mol. The zero-order chi connectivity index (χ0) is 22.1. The molecular formula is C22H22N8O2. The molecule has 0 saturated heterocycles. The van der Waals surface area contributed by atoms with E-state index in [0.29, 0.717) is 35.4 Å². The van der Waals surface area contributed by atoms with Crippen molar-refractivity contribution >= 4 is 11.7 Å². The highest BCUT2D eigenvalue weighted by Gasteiger charge is 2.20. The Labute approximate surface area is 184 Å². The van der Waals surface area contributed by atoms with Crippen molar-refractivity contribution in [1.29, 1.82) is 0 Å². The van der Waals surface area contributed by atoms with Crippen molar-refractivity contribution in [3.8, 4) is 28.5 Å². The quantitative estimate of drug-likeness (QED) is 0.494. The van der Waals surface area contributed by atoms with Crippen LogP contribution in [0.15, 0.2) is 49.2 Å². The Balaban J connectivity index is 1.55. The average Bonchev–Trinajstić information content (AvgIpc) is 3.45. The van der Waals surface area contributed by atoms with Crippen molar-refractivity contribution in [2.24, 2.45) is 7.05 Å². The molecule has 1 N–H and O–H groups in total. The fourth-order valence-corrected chi connectivity index (χ4v) is 3.71. The molecule has 4 aromatic heterocycles. The first-order chi connectivity index (χ1) is 15.6. The Morgan fingerprint density at radius 3 is 2.97 bits per heavy atom. The lowest BCUT2D eigenvalue weighted by Gasteiger charge is -2.17. The molecule has 0 spiro atoms. The molecule has 1 aliphatic heterocycles. The van der Waals surface area contributed by atoms with E-state index in [2.05, 4.69) is 37.5 Å². The normalized spacial score (nSPS) is 16.3. The molecule has 1 atom stereocenters. The highest BCUT2D eigenvalue weighted by Crippen LogP contribution is 2.27. The number of hydrogen-bond acceptors (Lipinski definition) is 7. The van der Waals surface area contributed by atoms with Gasteiger partial charge in [0.05, 0.1) is 12.8 Å². The standard InChI is InChI=1S/C22H22N8O2/c1-14-5-4-8-32-22-17(9-15(10-23-22)16-11-25-29(2)12-16)21(31)27-19-7-3-6-18(26-19)20-28-24-13-30(14)20/h3,6-7,9-14H,4-5,8H2,1-2H3,(H,26,27,31)/t14-/m0/s1. The number of hydrogen-bond donors (Lipinski definition) is 1. The first-order valence-corrected chi connectivity index (χ1v) is 10.4. The topological polar surface area (TPSA) is 113 Å². The molecule has 2 bridgehead atoms. The Bertz CT molecular complexity index is 1280. The number of carbonyl (C=O) groups is 1. The minimum absolute atomic E-state index is 0.159.